The van der Waals surface area contributed by atoms with E-state index in [1.807, 2.05) is 0 Å². The van der Waals surface area contributed by atoms with Crippen LogP contribution in [0.15, 0.2) is 30.5 Å². The minimum absolute atomic E-state index is 0.196. The van der Waals surface area contributed by atoms with Gasteiger partial charge >= 0.3 is 0 Å². The zero-order valence-corrected chi connectivity index (χ0v) is 12.4. The Morgan fingerprint density at radius 3 is 2.90 bits per heavy atom. The van der Waals surface area contributed by atoms with Crippen LogP contribution in [-0.4, -0.2) is 27.6 Å². The molecule has 0 atom stereocenters. The molecule has 0 aromatic carbocycles. The van der Waals surface area contributed by atoms with Crippen molar-refractivity contribution in [1.29, 1.82) is 0 Å². The first kappa shape index (κ1) is 15.2. The molecule has 0 saturated heterocycles. The van der Waals surface area contributed by atoms with E-state index in [1.54, 1.807) is 30.5 Å². The van der Waals surface area contributed by atoms with Crippen LogP contribution in [0.5, 0.6) is 0 Å². The van der Waals surface area contributed by atoms with Crippen molar-refractivity contribution in [2.75, 3.05) is 11.9 Å². The lowest BCUT2D eigenvalue weighted by Gasteiger charge is -2.08. The van der Waals surface area contributed by atoms with Crippen LogP contribution in [0.2, 0.25) is 5.02 Å². The summed E-state index contributed by atoms with van der Waals surface area (Å²) in [4.78, 5) is 16.4. The molecule has 21 heavy (non-hydrogen) atoms. The summed E-state index contributed by atoms with van der Waals surface area (Å²) in [5, 5.41) is 13.8. The van der Waals surface area contributed by atoms with Gasteiger partial charge in [-0.2, -0.15) is 10.2 Å². The molecule has 0 aliphatic rings. The van der Waals surface area contributed by atoms with E-state index >= 15 is 0 Å². The molecule has 0 spiro atoms. The molecule has 0 unspecified atom stereocenters. The molecule has 0 bridgehead atoms. The number of amides is 1. The number of carbonyl (C=O) groups is 1. The Morgan fingerprint density at radius 1 is 1.33 bits per heavy atom. The fraction of sp³-hybridized carbons (Fsp3) is 0.286. The van der Waals surface area contributed by atoms with Gasteiger partial charge in [0.25, 0.3) is 5.91 Å². The van der Waals surface area contributed by atoms with Crippen LogP contribution in [0.1, 0.15) is 29.5 Å². The van der Waals surface area contributed by atoms with E-state index < -0.39 is 0 Å². The second kappa shape index (κ2) is 7.54. The third-order valence-electron chi connectivity index (χ3n) is 2.67. The van der Waals surface area contributed by atoms with Gasteiger partial charge in [0.05, 0.1) is 17.3 Å². The van der Waals surface area contributed by atoms with Gasteiger partial charge in [-0.3, -0.25) is 4.79 Å². The Kier molecular flexibility index (Phi) is 5.45. The van der Waals surface area contributed by atoms with Crippen molar-refractivity contribution in [3.8, 4) is 0 Å². The number of rotatable bonds is 6. The number of hydrogen-bond acceptors (Lipinski definition) is 5. The third-order valence-corrected chi connectivity index (χ3v) is 2.98. The number of nitrogens with zero attached hydrogens (tertiary/aromatic N) is 3. The molecule has 0 saturated carbocycles. The highest BCUT2D eigenvalue weighted by Crippen LogP contribution is 2.16. The van der Waals surface area contributed by atoms with Gasteiger partial charge in [0, 0.05) is 12.7 Å². The van der Waals surface area contributed by atoms with Gasteiger partial charge in [0.2, 0.25) is 0 Å². The Bertz CT molecular complexity index is 606. The van der Waals surface area contributed by atoms with E-state index in [0.717, 1.165) is 13.0 Å². The molecule has 6 nitrogen and oxygen atoms in total. The summed E-state index contributed by atoms with van der Waals surface area (Å²) in [7, 11) is 0. The van der Waals surface area contributed by atoms with Gasteiger partial charge in [-0.15, -0.1) is 0 Å². The molecule has 2 aromatic rings. The fourth-order valence-corrected chi connectivity index (χ4v) is 1.83. The zero-order valence-electron chi connectivity index (χ0n) is 11.6. The summed E-state index contributed by atoms with van der Waals surface area (Å²) < 4.78 is 0. The average Bonchev–Trinajstić information content (AvgIpc) is 2.53. The molecule has 110 valence electrons. The Balaban J connectivity index is 2.04. The van der Waals surface area contributed by atoms with Crippen LogP contribution < -0.4 is 10.6 Å². The van der Waals surface area contributed by atoms with Crippen LogP contribution in [0.4, 0.5) is 5.82 Å². The fourth-order valence-electron chi connectivity index (χ4n) is 1.64. The van der Waals surface area contributed by atoms with Crippen molar-refractivity contribution < 1.29 is 4.79 Å². The minimum Gasteiger partial charge on any atom is -0.370 e. The third kappa shape index (κ3) is 4.39. The highest BCUT2D eigenvalue weighted by atomic mass is 35.5. The maximum Gasteiger partial charge on any atom is 0.271 e. The normalized spacial score (nSPS) is 10.2. The highest BCUT2D eigenvalue weighted by molar-refractivity contribution is 6.33. The maximum absolute atomic E-state index is 12.1. The predicted molar refractivity (Wildman–Crippen MR) is 81.2 cm³/mol. The maximum atomic E-state index is 12.1. The zero-order chi connectivity index (χ0) is 15.1. The standard InChI is InChI=1S/C14H16ClN5O/c1-2-7-16-12-6-5-11(15)13(19-12)14(21)17-9-10-4-3-8-18-20-10/h3-6,8H,2,7,9H2,1H3,(H,16,19)(H,17,21). The van der Waals surface area contributed by atoms with E-state index in [2.05, 4.69) is 32.7 Å². The number of halogens is 1. The monoisotopic (exact) mass is 305 g/mol. The molecule has 0 aliphatic carbocycles. The highest BCUT2D eigenvalue weighted by Gasteiger charge is 2.13. The second-order valence-corrected chi connectivity index (χ2v) is 4.76. The molecular formula is C14H16ClN5O. The van der Waals surface area contributed by atoms with Crippen molar-refractivity contribution in [2.45, 2.75) is 19.9 Å². The molecule has 2 N–H and O–H groups in total. The summed E-state index contributed by atoms with van der Waals surface area (Å²) in [5.41, 5.74) is 0.865. The van der Waals surface area contributed by atoms with Gasteiger partial charge in [0.15, 0.2) is 0 Å². The number of carbonyl (C=O) groups excluding carboxylic acids is 1. The van der Waals surface area contributed by atoms with Crippen LogP contribution in [0.25, 0.3) is 0 Å². The van der Waals surface area contributed by atoms with Gasteiger partial charge in [-0.05, 0) is 30.7 Å². The summed E-state index contributed by atoms with van der Waals surface area (Å²) in [6, 6.07) is 6.94. The van der Waals surface area contributed by atoms with E-state index in [9.17, 15) is 4.79 Å². The van der Waals surface area contributed by atoms with E-state index in [-0.39, 0.29) is 18.1 Å². The number of nitrogens with one attached hydrogen (secondary N) is 2. The Morgan fingerprint density at radius 2 is 2.19 bits per heavy atom. The molecule has 1 amide bonds. The SMILES string of the molecule is CCCNc1ccc(Cl)c(C(=O)NCc2cccnn2)n1. The molecule has 0 radical (unpaired) electrons. The number of anilines is 1. The average molecular weight is 306 g/mol. The van der Waals surface area contributed by atoms with E-state index in [1.165, 1.54) is 0 Å². The Labute approximate surface area is 128 Å². The topological polar surface area (TPSA) is 79.8 Å². The van der Waals surface area contributed by atoms with Crippen LogP contribution in [0, 0.1) is 0 Å². The number of pyridine rings is 1. The van der Waals surface area contributed by atoms with Gasteiger partial charge in [-0.25, -0.2) is 4.98 Å². The van der Waals surface area contributed by atoms with Crippen molar-refractivity contribution in [2.24, 2.45) is 0 Å². The van der Waals surface area contributed by atoms with Crippen LogP contribution in [-0.2, 0) is 6.54 Å². The molecule has 2 aromatic heterocycles. The lowest BCUT2D eigenvalue weighted by Crippen LogP contribution is -2.25. The second-order valence-electron chi connectivity index (χ2n) is 4.35. The van der Waals surface area contributed by atoms with Crippen molar-refractivity contribution in [3.05, 3.63) is 46.9 Å². The van der Waals surface area contributed by atoms with Crippen molar-refractivity contribution >= 4 is 23.3 Å². The molecule has 0 aliphatic heterocycles. The predicted octanol–water partition coefficient (Wildman–Crippen LogP) is 2.28. The van der Waals surface area contributed by atoms with Crippen molar-refractivity contribution in [3.63, 3.8) is 0 Å². The number of hydrogen-bond donors (Lipinski definition) is 2. The van der Waals surface area contributed by atoms with E-state index in [0.29, 0.717) is 16.5 Å². The van der Waals surface area contributed by atoms with Gasteiger partial charge < -0.3 is 10.6 Å². The molecule has 0 fully saturated rings. The summed E-state index contributed by atoms with van der Waals surface area (Å²) in [6.45, 7) is 3.12. The molecule has 7 heteroatoms. The molecule has 2 rings (SSSR count). The molecular weight excluding hydrogens is 290 g/mol. The van der Waals surface area contributed by atoms with Crippen LogP contribution >= 0.6 is 11.6 Å². The van der Waals surface area contributed by atoms with Crippen LogP contribution in [0.3, 0.4) is 0 Å². The Hall–Kier alpha value is -2.21. The smallest absolute Gasteiger partial charge is 0.271 e. The van der Waals surface area contributed by atoms with E-state index in [4.69, 9.17) is 11.6 Å². The van der Waals surface area contributed by atoms with Crippen molar-refractivity contribution in [1.82, 2.24) is 20.5 Å². The van der Waals surface area contributed by atoms with Gasteiger partial charge in [-0.1, -0.05) is 18.5 Å². The first-order chi connectivity index (χ1) is 10.2. The van der Waals surface area contributed by atoms with Gasteiger partial charge in [0.1, 0.15) is 11.5 Å². The minimum atomic E-state index is -0.342. The summed E-state index contributed by atoms with van der Waals surface area (Å²) in [5.74, 6) is 0.289. The quantitative estimate of drug-likeness (QED) is 0.856. The number of aromatic nitrogens is 3. The first-order valence-corrected chi connectivity index (χ1v) is 7.03. The lowest BCUT2D eigenvalue weighted by atomic mass is 10.3. The summed E-state index contributed by atoms with van der Waals surface area (Å²) >= 11 is 6.03. The largest absolute Gasteiger partial charge is 0.370 e. The first-order valence-electron chi connectivity index (χ1n) is 6.66. The lowest BCUT2D eigenvalue weighted by molar-refractivity contribution is 0.0945. The molecule has 2 heterocycles. The summed E-state index contributed by atoms with van der Waals surface area (Å²) in [6.07, 6.45) is 2.55.